The van der Waals surface area contributed by atoms with E-state index in [1.165, 1.54) is 0 Å². The van der Waals surface area contributed by atoms with Crippen LogP contribution in [0.5, 0.6) is 0 Å². The number of carbonyl (C=O) groups excluding carboxylic acids is 1. The highest BCUT2D eigenvalue weighted by molar-refractivity contribution is 5.97. The zero-order valence-corrected chi connectivity index (χ0v) is 9.08. The molecule has 0 radical (unpaired) electrons. The summed E-state index contributed by atoms with van der Waals surface area (Å²) in [5.74, 6) is 0.812. The van der Waals surface area contributed by atoms with Crippen LogP contribution in [0.4, 0.5) is 4.79 Å². The van der Waals surface area contributed by atoms with Crippen molar-refractivity contribution in [3.8, 4) is 0 Å². The Kier molecular flexibility index (Phi) is 3.88. The molecule has 5 nitrogen and oxygen atoms in total. The lowest BCUT2D eigenvalue weighted by Gasteiger charge is -2.17. The average Bonchev–Trinajstić information content (AvgIpc) is 2.50. The first-order valence-corrected chi connectivity index (χ1v) is 4.82. The van der Waals surface area contributed by atoms with E-state index in [2.05, 4.69) is 10.3 Å². The van der Waals surface area contributed by atoms with Gasteiger partial charge in [-0.1, -0.05) is 0 Å². The van der Waals surface area contributed by atoms with Crippen LogP contribution in [0.1, 0.15) is 6.92 Å². The highest BCUT2D eigenvalue weighted by atomic mass is 16.2. The minimum atomic E-state index is -0.0365. The van der Waals surface area contributed by atoms with E-state index >= 15 is 0 Å². The molecule has 0 spiro atoms. The smallest absolute Gasteiger partial charge is 0.322 e. The largest absolute Gasteiger partial charge is 0.336 e. The molecule has 0 bridgehead atoms. The Balaban J connectivity index is 2.25. The molecule has 0 saturated carbocycles. The summed E-state index contributed by atoms with van der Waals surface area (Å²) >= 11 is 0. The Morgan fingerprint density at radius 3 is 2.86 bits per heavy atom. The van der Waals surface area contributed by atoms with Crippen molar-refractivity contribution in [3.63, 3.8) is 0 Å². The van der Waals surface area contributed by atoms with Gasteiger partial charge < -0.3 is 10.2 Å². The standard InChI is InChI=1S/C9H18N4O/c1-8-10-5-7-13(8)9(14)11-4-6-12(2)3/h4-7H2,1-3H3,(H,11,14). The van der Waals surface area contributed by atoms with E-state index in [9.17, 15) is 4.79 Å². The van der Waals surface area contributed by atoms with E-state index in [-0.39, 0.29) is 6.03 Å². The molecule has 1 aliphatic rings. The van der Waals surface area contributed by atoms with Crippen LogP contribution in [0.2, 0.25) is 0 Å². The first-order chi connectivity index (χ1) is 6.61. The number of nitrogens with zero attached hydrogens (tertiary/aromatic N) is 3. The maximum Gasteiger partial charge on any atom is 0.322 e. The number of carbonyl (C=O) groups is 1. The molecule has 1 aliphatic heterocycles. The fourth-order valence-electron chi connectivity index (χ4n) is 1.29. The Morgan fingerprint density at radius 2 is 2.36 bits per heavy atom. The molecule has 5 heteroatoms. The third-order valence-corrected chi connectivity index (χ3v) is 2.14. The summed E-state index contributed by atoms with van der Waals surface area (Å²) in [5.41, 5.74) is 0. The summed E-state index contributed by atoms with van der Waals surface area (Å²) in [6, 6.07) is -0.0365. The van der Waals surface area contributed by atoms with Gasteiger partial charge in [-0.3, -0.25) is 9.89 Å². The van der Waals surface area contributed by atoms with Crippen LogP contribution in [0.15, 0.2) is 4.99 Å². The number of urea groups is 1. The first kappa shape index (κ1) is 11.0. The highest BCUT2D eigenvalue weighted by Gasteiger charge is 2.19. The second-order valence-corrected chi connectivity index (χ2v) is 3.62. The highest BCUT2D eigenvalue weighted by Crippen LogP contribution is 2.00. The van der Waals surface area contributed by atoms with Gasteiger partial charge in [-0.05, 0) is 21.0 Å². The molecule has 0 aliphatic carbocycles. The molecule has 0 atom stereocenters. The van der Waals surface area contributed by atoms with E-state index < -0.39 is 0 Å². The molecule has 1 heterocycles. The fourth-order valence-corrected chi connectivity index (χ4v) is 1.29. The average molecular weight is 198 g/mol. The van der Waals surface area contributed by atoms with E-state index in [0.717, 1.165) is 18.9 Å². The van der Waals surface area contributed by atoms with Gasteiger partial charge in [-0.15, -0.1) is 0 Å². The van der Waals surface area contributed by atoms with Crippen LogP contribution in [-0.2, 0) is 0 Å². The van der Waals surface area contributed by atoms with Crippen LogP contribution >= 0.6 is 0 Å². The Hall–Kier alpha value is -1.10. The molecule has 1 N–H and O–H groups in total. The first-order valence-electron chi connectivity index (χ1n) is 4.82. The number of aliphatic imine (C=N–C) groups is 1. The summed E-state index contributed by atoms with van der Waals surface area (Å²) in [7, 11) is 3.96. The second-order valence-electron chi connectivity index (χ2n) is 3.62. The number of nitrogens with one attached hydrogen (secondary N) is 1. The number of rotatable bonds is 3. The van der Waals surface area contributed by atoms with Crippen molar-refractivity contribution in [2.75, 3.05) is 40.3 Å². The maximum atomic E-state index is 11.6. The van der Waals surface area contributed by atoms with Crippen molar-refractivity contribution in [3.05, 3.63) is 0 Å². The molecule has 2 amide bonds. The van der Waals surface area contributed by atoms with Crippen molar-refractivity contribution >= 4 is 11.9 Å². The fraction of sp³-hybridized carbons (Fsp3) is 0.778. The summed E-state index contributed by atoms with van der Waals surface area (Å²) in [6.45, 7) is 4.83. The zero-order valence-electron chi connectivity index (χ0n) is 9.08. The van der Waals surface area contributed by atoms with E-state index in [1.54, 1.807) is 4.90 Å². The summed E-state index contributed by atoms with van der Waals surface area (Å²) in [4.78, 5) is 19.4. The Labute approximate surface area is 84.8 Å². The number of hydrogen-bond acceptors (Lipinski definition) is 3. The number of amidine groups is 1. The minimum Gasteiger partial charge on any atom is -0.336 e. The number of likely N-dealkylation sites (N-methyl/N-ethyl adjacent to an activating group) is 1. The minimum absolute atomic E-state index is 0.0365. The summed E-state index contributed by atoms with van der Waals surface area (Å²) < 4.78 is 0. The van der Waals surface area contributed by atoms with Crippen molar-refractivity contribution in [2.45, 2.75) is 6.92 Å². The van der Waals surface area contributed by atoms with Crippen LogP contribution in [0.3, 0.4) is 0 Å². The third kappa shape index (κ3) is 2.99. The second kappa shape index (κ2) is 4.95. The SMILES string of the molecule is CC1=NCCN1C(=O)NCCN(C)C. The van der Waals surface area contributed by atoms with Crippen molar-refractivity contribution < 1.29 is 4.79 Å². The van der Waals surface area contributed by atoms with E-state index in [4.69, 9.17) is 0 Å². The van der Waals surface area contributed by atoms with Crippen molar-refractivity contribution in [2.24, 2.45) is 4.99 Å². The molecule has 0 saturated heterocycles. The van der Waals surface area contributed by atoms with Crippen LogP contribution in [0, 0.1) is 0 Å². The van der Waals surface area contributed by atoms with Crippen LogP contribution < -0.4 is 5.32 Å². The number of amides is 2. The lowest BCUT2D eigenvalue weighted by molar-refractivity contribution is 0.222. The quantitative estimate of drug-likeness (QED) is 0.693. The van der Waals surface area contributed by atoms with Gasteiger partial charge in [0.2, 0.25) is 0 Å². The predicted octanol–water partition coefficient (Wildman–Crippen LogP) is -0.00840. The third-order valence-electron chi connectivity index (χ3n) is 2.14. The molecule has 0 fully saturated rings. The van der Waals surface area contributed by atoms with Gasteiger partial charge >= 0.3 is 6.03 Å². The van der Waals surface area contributed by atoms with Gasteiger partial charge in [0.15, 0.2) is 0 Å². The van der Waals surface area contributed by atoms with Gasteiger partial charge in [-0.2, -0.15) is 0 Å². The topological polar surface area (TPSA) is 47.9 Å². The lowest BCUT2D eigenvalue weighted by Crippen LogP contribution is -2.43. The molecular formula is C9H18N4O. The zero-order chi connectivity index (χ0) is 10.6. The molecule has 0 aromatic rings. The predicted molar refractivity (Wildman–Crippen MR) is 56.6 cm³/mol. The van der Waals surface area contributed by atoms with Gasteiger partial charge in [0, 0.05) is 19.6 Å². The lowest BCUT2D eigenvalue weighted by atomic mass is 10.5. The van der Waals surface area contributed by atoms with Gasteiger partial charge in [-0.25, -0.2) is 4.79 Å². The molecular weight excluding hydrogens is 180 g/mol. The van der Waals surface area contributed by atoms with Gasteiger partial charge in [0.25, 0.3) is 0 Å². The van der Waals surface area contributed by atoms with Crippen molar-refractivity contribution in [1.82, 2.24) is 15.1 Å². The van der Waals surface area contributed by atoms with E-state index in [1.807, 2.05) is 25.9 Å². The summed E-state index contributed by atoms with van der Waals surface area (Å²) in [6.07, 6.45) is 0. The molecule has 0 aromatic carbocycles. The Morgan fingerprint density at radius 1 is 1.64 bits per heavy atom. The monoisotopic (exact) mass is 198 g/mol. The van der Waals surface area contributed by atoms with Crippen molar-refractivity contribution in [1.29, 1.82) is 0 Å². The van der Waals surface area contributed by atoms with E-state index in [0.29, 0.717) is 13.1 Å². The molecule has 0 unspecified atom stereocenters. The van der Waals surface area contributed by atoms with Crippen LogP contribution in [-0.4, -0.2) is 61.9 Å². The summed E-state index contributed by atoms with van der Waals surface area (Å²) in [5, 5.41) is 2.85. The van der Waals surface area contributed by atoms with Gasteiger partial charge in [0.1, 0.15) is 5.84 Å². The molecule has 0 aromatic heterocycles. The molecule has 14 heavy (non-hydrogen) atoms. The van der Waals surface area contributed by atoms with Gasteiger partial charge in [0.05, 0.1) is 6.54 Å². The number of hydrogen-bond donors (Lipinski definition) is 1. The van der Waals surface area contributed by atoms with Crippen LogP contribution in [0.25, 0.3) is 0 Å². The Bertz CT molecular complexity index is 237. The normalized spacial score (nSPS) is 16.0. The maximum absolute atomic E-state index is 11.6. The molecule has 80 valence electrons. The molecule has 1 rings (SSSR count).